The van der Waals surface area contributed by atoms with Crippen molar-refractivity contribution in [2.24, 2.45) is 0 Å². The van der Waals surface area contributed by atoms with Crippen molar-refractivity contribution in [1.29, 1.82) is 0 Å². The number of ketones is 1. The number of Topliss-reactive ketones (excluding diaryl/α,β-unsaturated/α-hetero) is 1. The van der Waals surface area contributed by atoms with E-state index >= 15 is 0 Å². The minimum absolute atomic E-state index is 0.00901. The van der Waals surface area contributed by atoms with Crippen LogP contribution < -0.4 is 4.90 Å². The topological polar surface area (TPSA) is 83.6 Å². The Kier molecular flexibility index (Phi) is 5.41. The van der Waals surface area contributed by atoms with E-state index in [1.54, 1.807) is 37.3 Å². The third kappa shape index (κ3) is 3.75. The van der Waals surface area contributed by atoms with Crippen LogP contribution in [0.5, 0.6) is 0 Å². The molecule has 3 aromatic rings. The Labute approximate surface area is 184 Å². The van der Waals surface area contributed by atoms with Gasteiger partial charge in [0.25, 0.3) is 5.78 Å². The smallest absolute Gasteiger partial charge is 0.301 e. The van der Waals surface area contributed by atoms with E-state index in [1.165, 1.54) is 4.90 Å². The third-order valence-electron chi connectivity index (χ3n) is 5.34. The van der Waals surface area contributed by atoms with Gasteiger partial charge in [0.2, 0.25) is 0 Å². The largest absolute Gasteiger partial charge is 0.507 e. The van der Waals surface area contributed by atoms with Gasteiger partial charge in [0, 0.05) is 16.7 Å². The molecule has 0 spiro atoms. The Morgan fingerprint density at radius 3 is 2.29 bits per heavy atom. The summed E-state index contributed by atoms with van der Waals surface area (Å²) in [5.41, 5.74) is 2.18. The minimum Gasteiger partial charge on any atom is -0.507 e. The number of aliphatic hydroxyl groups excluding tert-OH is 1. The van der Waals surface area contributed by atoms with Crippen molar-refractivity contribution < 1.29 is 19.2 Å². The summed E-state index contributed by atoms with van der Waals surface area (Å²) in [5, 5.41) is 15.5. The second kappa shape index (κ2) is 8.04. The maximum absolute atomic E-state index is 13.0. The molecular weight excluding hydrogens is 416 g/mol. The molecule has 31 heavy (non-hydrogen) atoms. The van der Waals surface area contributed by atoms with Crippen LogP contribution in [-0.4, -0.2) is 22.0 Å². The summed E-state index contributed by atoms with van der Waals surface area (Å²) in [6.07, 6.45) is 0. The first-order valence-corrected chi connectivity index (χ1v) is 10.3. The summed E-state index contributed by atoms with van der Waals surface area (Å²) >= 11 is 5.95. The number of nitrogens with zero attached hydrogens (tertiary/aromatic N) is 2. The van der Waals surface area contributed by atoms with E-state index in [-0.39, 0.29) is 17.2 Å². The van der Waals surface area contributed by atoms with Gasteiger partial charge in [-0.25, -0.2) is 0 Å². The minimum atomic E-state index is -0.846. The molecule has 0 bridgehead atoms. The van der Waals surface area contributed by atoms with E-state index in [0.717, 1.165) is 5.56 Å². The zero-order chi connectivity index (χ0) is 22.3. The van der Waals surface area contributed by atoms with Gasteiger partial charge in [0.1, 0.15) is 11.5 Å². The maximum atomic E-state index is 13.0. The fourth-order valence-electron chi connectivity index (χ4n) is 3.68. The first-order valence-electron chi connectivity index (χ1n) is 9.88. The number of hydrogen-bond donors (Lipinski definition) is 1. The number of halogens is 1. The normalized spacial score (nSPS) is 18.2. The molecule has 4 rings (SSSR count). The van der Waals surface area contributed by atoms with Gasteiger partial charge in [-0.05, 0) is 48.2 Å². The molecule has 1 aliphatic rings. The zero-order valence-electron chi connectivity index (χ0n) is 17.3. The zero-order valence-corrected chi connectivity index (χ0v) is 18.1. The SMILES string of the molecule is Cc1cc(N2C(=O)C(=O)C(=C(O)c3ccc(Cl)cc3)[C@@H]2c2ccc(C(C)C)cc2)no1. The van der Waals surface area contributed by atoms with Crippen LogP contribution in [0.4, 0.5) is 5.82 Å². The summed E-state index contributed by atoms with van der Waals surface area (Å²) < 4.78 is 5.14. The summed E-state index contributed by atoms with van der Waals surface area (Å²) in [7, 11) is 0. The molecule has 2 heterocycles. The lowest BCUT2D eigenvalue weighted by molar-refractivity contribution is -0.132. The van der Waals surface area contributed by atoms with Crippen LogP contribution in [0.25, 0.3) is 5.76 Å². The highest BCUT2D eigenvalue weighted by molar-refractivity contribution is 6.51. The molecule has 0 radical (unpaired) electrons. The average Bonchev–Trinajstić information content (AvgIpc) is 3.29. The molecule has 1 aromatic heterocycles. The van der Waals surface area contributed by atoms with Crippen molar-refractivity contribution in [2.45, 2.75) is 32.7 Å². The number of carbonyl (C=O) groups excluding carboxylic acids is 2. The van der Waals surface area contributed by atoms with Gasteiger partial charge < -0.3 is 9.63 Å². The molecule has 1 atom stereocenters. The maximum Gasteiger partial charge on any atom is 0.301 e. The van der Waals surface area contributed by atoms with Crippen molar-refractivity contribution in [2.75, 3.05) is 4.90 Å². The summed E-state index contributed by atoms with van der Waals surface area (Å²) in [4.78, 5) is 27.3. The molecule has 6 nitrogen and oxygen atoms in total. The highest BCUT2D eigenvalue weighted by atomic mass is 35.5. The molecule has 1 fully saturated rings. The molecule has 2 aromatic carbocycles. The highest BCUT2D eigenvalue weighted by Crippen LogP contribution is 2.42. The molecule has 1 saturated heterocycles. The Bertz CT molecular complexity index is 1180. The third-order valence-corrected chi connectivity index (χ3v) is 5.60. The van der Waals surface area contributed by atoms with Gasteiger partial charge in [-0.15, -0.1) is 0 Å². The summed E-state index contributed by atoms with van der Waals surface area (Å²) in [6, 6.07) is 14.8. The number of rotatable bonds is 4. The first-order chi connectivity index (χ1) is 14.8. The molecule has 1 aliphatic heterocycles. The van der Waals surface area contributed by atoms with Crippen LogP contribution in [0.1, 0.15) is 48.3 Å². The van der Waals surface area contributed by atoms with Crippen LogP contribution in [0.3, 0.4) is 0 Å². The van der Waals surface area contributed by atoms with Gasteiger partial charge in [0.05, 0.1) is 11.6 Å². The Morgan fingerprint density at radius 1 is 1.10 bits per heavy atom. The molecule has 0 saturated carbocycles. The number of hydrogen-bond acceptors (Lipinski definition) is 5. The molecular formula is C24H21ClN2O4. The van der Waals surface area contributed by atoms with Crippen LogP contribution >= 0.6 is 11.6 Å². The van der Waals surface area contributed by atoms with Gasteiger partial charge in [0.15, 0.2) is 5.82 Å². The quantitative estimate of drug-likeness (QED) is 0.337. The van der Waals surface area contributed by atoms with Crippen LogP contribution in [-0.2, 0) is 9.59 Å². The van der Waals surface area contributed by atoms with Crippen LogP contribution in [0.2, 0.25) is 5.02 Å². The van der Waals surface area contributed by atoms with Crippen molar-refractivity contribution in [3.8, 4) is 0 Å². The number of aryl methyl sites for hydroxylation is 1. The number of amides is 1. The molecule has 7 heteroatoms. The second-order valence-electron chi connectivity index (χ2n) is 7.79. The second-order valence-corrected chi connectivity index (χ2v) is 8.23. The fourth-order valence-corrected chi connectivity index (χ4v) is 3.80. The van der Waals surface area contributed by atoms with E-state index in [9.17, 15) is 14.7 Å². The Balaban J connectivity index is 1.91. The Morgan fingerprint density at radius 2 is 1.74 bits per heavy atom. The molecule has 1 N–H and O–H groups in total. The van der Waals surface area contributed by atoms with Gasteiger partial charge in [-0.2, -0.15) is 0 Å². The summed E-state index contributed by atoms with van der Waals surface area (Å²) in [6.45, 7) is 5.87. The van der Waals surface area contributed by atoms with E-state index in [2.05, 4.69) is 19.0 Å². The molecule has 1 amide bonds. The van der Waals surface area contributed by atoms with Crippen LogP contribution in [0, 0.1) is 6.92 Å². The lowest BCUT2D eigenvalue weighted by Crippen LogP contribution is -2.29. The number of aliphatic hydroxyl groups is 1. The van der Waals surface area contributed by atoms with E-state index in [0.29, 0.717) is 27.8 Å². The van der Waals surface area contributed by atoms with E-state index < -0.39 is 17.7 Å². The molecule has 158 valence electrons. The number of benzene rings is 2. The lowest BCUT2D eigenvalue weighted by atomic mass is 9.93. The van der Waals surface area contributed by atoms with Gasteiger partial charge in [-0.1, -0.05) is 54.9 Å². The van der Waals surface area contributed by atoms with Crippen molar-refractivity contribution in [3.05, 3.63) is 87.6 Å². The van der Waals surface area contributed by atoms with Crippen molar-refractivity contribution >= 4 is 34.9 Å². The summed E-state index contributed by atoms with van der Waals surface area (Å²) in [5.74, 6) is -0.785. The Hall–Kier alpha value is -3.38. The van der Waals surface area contributed by atoms with Crippen molar-refractivity contribution in [1.82, 2.24) is 5.16 Å². The number of anilines is 1. The standard InChI is InChI=1S/C24H21ClN2O4/c1-13(2)15-4-6-16(7-5-15)21-20(22(28)17-8-10-18(25)11-9-17)23(29)24(30)27(21)19-12-14(3)31-26-19/h4-13,21,28H,1-3H3/t21-/m0/s1. The van der Waals surface area contributed by atoms with E-state index in [1.807, 2.05) is 24.3 Å². The predicted octanol–water partition coefficient (Wildman–Crippen LogP) is 5.39. The number of aromatic nitrogens is 1. The molecule has 0 aliphatic carbocycles. The fraction of sp³-hybridized carbons (Fsp3) is 0.208. The van der Waals surface area contributed by atoms with Crippen LogP contribution in [0.15, 0.2) is 64.7 Å². The van der Waals surface area contributed by atoms with Gasteiger partial charge in [-0.3, -0.25) is 14.5 Å². The first kappa shape index (κ1) is 20.9. The van der Waals surface area contributed by atoms with E-state index in [4.69, 9.17) is 16.1 Å². The monoisotopic (exact) mass is 436 g/mol. The van der Waals surface area contributed by atoms with Gasteiger partial charge >= 0.3 is 5.91 Å². The van der Waals surface area contributed by atoms with Crippen molar-refractivity contribution in [3.63, 3.8) is 0 Å². The average molecular weight is 437 g/mol. The molecule has 0 unspecified atom stereocenters. The number of carbonyl (C=O) groups is 2. The highest BCUT2D eigenvalue weighted by Gasteiger charge is 2.48. The predicted molar refractivity (Wildman–Crippen MR) is 118 cm³/mol. The lowest BCUT2D eigenvalue weighted by Gasteiger charge is -2.23.